The Bertz CT molecular complexity index is 686. The summed E-state index contributed by atoms with van der Waals surface area (Å²) in [6.45, 7) is 5.29. The topological polar surface area (TPSA) is 53.6 Å². The molecule has 0 saturated heterocycles. The molecule has 0 fully saturated rings. The zero-order chi connectivity index (χ0) is 15.4. The smallest absolute Gasteiger partial charge is 0.101 e. The molecule has 110 valence electrons. The lowest BCUT2D eigenvalue weighted by atomic mass is 10.2. The van der Waals surface area contributed by atoms with Crippen LogP contribution < -0.4 is 5.32 Å². The van der Waals surface area contributed by atoms with Crippen molar-refractivity contribution in [3.05, 3.63) is 45.2 Å². The van der Waals surface area contributed by atoms with Crippen molar-refractivity contribution in [2.75, 3.05) is 5.32 Å². The number of halogens is 2. The second-order valence-corrected chi connectivity index (χ2v) is 5.35. The van der Waals surface area contributed by atoms with E-state index in [1.165, 1.54) is 0 Å². The van der Waals surface area contributed by atoms with Crippen molar-refractivity contribution in [3.63, 3.8) is 0 Å². The Morgan fingerprint density at radius 3 is 2.71 bits per heavy atom. The summed E-state index contributed by atoms with van der Waals surface area (Å²) in [5.74, 6) is 0. The Labute approximate surface area is 134 Å². The quantitative estimate of drug-likeness (QED) is 0.894. The lowest BCUT2D eigenvalue weighted by Crippen LogP contribution is -2.09. The minimum atomic E-state index is 0.495. The fourth-order valence-corrected chi connectivity index (χ4v) is 2.63. The van der Waals surface area contributed by atoms with E-state index in [4.69, 9.17) is 28.5 Å². The van der Waals surface area contributed by atoms with Crippen LogP contribution in [-0.4, -0.2) is 9.78 Å². The van der Waals surface area contributed by atoms with Gasteiger partial charge < -0.3 is 5.32 Å². The predicted octanol–water partition coefficient (Wildman–Crippen LogP) is 4.26. The molecule has 1 aromatic carbocycles. The van der Waals surface area contributed by atoms with E-state index in [1.54, 1.807) is 18.2 Å². The number of nitrogens with zero attached hydrogens (tertiary/aromatic N) is 3. The van der Waals surface area contributed by atoms with Crippen molar-refractivity contribution in [3.8, 4) is 6.07 Å². The van der Waals surface area contributed by atoms with Crippen LogP contribution in [0.3, 0.4) is 0 Å². The molecule has 0 aliphatic heterocycles. The summed E-state index contributed by atoms with van der Waals surface area (Å²) < 4.78 is 1.88. The molecule has 0 atom stereocenters. The summed E-state index contributed by atoms with van der Waals surface area (Å²) in [6, 6.07) is 7.27. The van der Waals surface area contributed by atoms with Gasteiger partial charge in [0.25, 0.3) is 0 Å². The van der Waals surface area contributed by atoms with E-state index in [1.807, 2.05) is 18.5 Å². The van der Waals surface area contributed by atoms with Gasteiger partial charge in [0.2, 0.25) is 0 Å². The highest BCUT2D eigenvalue weighted by Crippen LogP contribution is 2.25. The van der Waals surface area contributed by atoms with Gasteiger partial charge in [0.15, 0.2) is 0 Å². The van der Waals surface area contributed by atoms with Gasteiger partial charge >= 0.3 is 0 Å². The highest BCUT2D eigenvalue weighted by Gasteiger charge is 2.14. The van der Waals surface area contributed by atoms with Crippen LogP contribution in [0.4, 0.5) is 5.69 Å². The third-order valence-electron chi connectivity index (χ3n) is 3.24. The van der Waals surface area contributed by atoms with Crippen LogP contribution in [0.2, 0.25) is 10.0 Å². The Morgan fingerprint density at radius 2 is 2.10 bits per heavy atom. The van der Waals surface area contributed by atoms with Crippen molar-refractivity contribution in [1.82, 2.24) is 9.78 Å². The van der Waals surface area contributed by atoms with Crippen LogP contribution >= 0.6 is 23.2 Å². The highest BCUT2D eigenvalue weighted by atomic mass is 35.5. The average Bonchev–Trinajstić information content (AvgIpc) is 2.80. The summed E-state index contributed by atoms with van der Waals surface area (Å²) in [5, 5.41) is 18.1. The molecule has 2 aromatic rings. The molecule has 0 bridgehead atoms. The minimum absolute atomic E-state index is 0.495. The number of aromatic nitrogens is 2. The van der Waals surface area contributed by atoms with E-state index < -0.39 is 0 Å². The lowest BCUT2D eigenvalue weighted by Gasteiger charge is -2.10. The number of benzene rings is 1. The second-order valence-electron chi connectivity index (χ2n) is 4.53. The van der Waals surface area contributed by atoms with Crippen LogP contribution in [0.5, 0.6) is 0 Å². The molecule has 0 radical (unpaired) electrons. The van der Waals surface area contributed by atoms with Crippen molar-refractivity contribution in [2.45, 2.75) is 33.4 Å². The van der Waals surface area contributed by atoms with Gasteiger partial charge in [0.05, 0.1) is 34.2 Å². The molecule has 1 heterocycles. The van der Waals surface area contributed by atoms with E-state index in [2.05, 4.69) is 16.5 Å². The molecule has 0 saturated carbocycles. The maximum atomic E-state index is 9.13. The summed E-state index contributed by atoms with van der Waals surface area (Å²) in [4.78, 5) is 0. The molecule has 0 aliphatic carbocycles. The molecule has 6 heteroatoms. The first-order valence-corrected chi connectivity index (χ1v) is 7.53. The third kappa shape index (κ3) is 3.31. The predicted molar refractivity (Wildman–Crippen MR) is 85.8 cm³/mol. The van der Waals surface area contributed by atoms with Gasteiger partial charge in [0, 0.05) is 11.6 Å². The zero-order valence-electron chi connectivity index (χ0n) is 12.0. The van der Waals surface area contributed by atoms with Crippen molar-refractivity contribution in [2.24, 2.45) is 0 Å². The summed E-state index contributed by atoms with van der Waals surface area (Å²) in [6.07, 6.45) is 0.791. The number of nitriles is 1. The molecule has 2 rings (SSSR count). The van der Waals surface area contributed by atoms with E-state index in [0.717, 1.165) is 24.4 Å². The zero-order valence-corrected chi connectivity index (χ0v) is 13.5. The molecule has 0 spiro atoms. The monoisotopic (exact) mass is 322 g/mol. The van der Waals surface area contributed by atoms with Gasteiger partial charge in [-0.1, -0.05) is 30.1 Å². The average molecular weight is 323 g/mol. The Morgan fingerprint density at radius 1 is 1.33 bits per heavy atom. The van der Waals surface area contributed by atoms with Crippen LogP contribution in [-0.2, 0) is 19.5 Å². The first-order valence-electron chi connectivity index (χ1n) is 6.78. The number of hydrogen-bond donors (Lipinski definition) is 1. The van der Waals surface area contributed by atoms with Crippen molar-refractivity contribution < 1.29 is 0 Å². The Hall–Kier alpha value is -1.70. The largest absolute Gasteiger partial charge is 0.378 e. The Kier molecular flexibility index (Phi) is 5.11. The van der Waals surface area contributed by atoms with Crippen molar-refractivity contribution in [1.29, 1.82) is 5.26 Å². The first-order chi connectivity index (χ1) is 10.1. The van der Waals surface area contributed by atoms with Gasteiger partial charge in [-0.25, -0.2) is 0 Å². The maximum absolute atomic E-state index is 9.13. The number of aryl methyl sites for hydroxylation is 2. The minimum Gasteiger partial charge on any atom is -0.378 e. The van der Waals surface area contributed by atoms with Crippen LogP contribution in [0.25, 0.3) is 0 Å². The molecule has 0 unspecified atom stereocenters. The lowest BCUT2D eigenvalue weighted by molar-refractivity contribution is 0.619. The van der Waals surface area contributed by atoms with Gasteiger partial charge in [-0.15, -0.1) is 0 Å². The molecule has 0 aliphatic rings. The molecule has 0 amide bonds. The van der Waals surface area contributed by atoms with Crippen LogP contribution in [0.15, 0.2) is 18.2 Å². The molecular formula is C15H16Cl2N4. The second kappa shape index (κ2) is 6.84. The summed E-state index contributed by atoms with van der Waals surface area (Å²) >= 11 is 12.3. The molecule has 1 N–H and O–H groups in total. The van der Waals surface area contributed by atoms with Gasteiger partial charge in [-0.05, 0) is 31.5 Å². The maximum Gasteiger partial charge on any atom is 0.101 e. The normalized spacial score (nSPS) is 10.4. The number of nitrogens with one attached hydrogen (secondary N) is 1. The molecule has 1 aromatic heterocycles. The standard InChI is InChI=1S/C15H16Cl2N4/c1-3-12-15(17)14(21(4-2)20-12)9-19-13-7-11(16)6-5-10(13)8-18/h5-7,19H,3-4,9H2,1-2H3. The Balaban J connectivity index is 2.26. The SMILES string of the molecule is CCc1nn(CC)c(CNc2cc(Cl)ccc2C#N)c1Cl. The van der Waals surface area contributed by atoms with Crippen LogP contribution in [0, 0.1) is 11.3 Å². The summed E-state index contributed by atoms with van der Waals surface area (Å²) in [5.41, 5.74) is 3.05. The third-order valence-corrected chi connectivity index (χ3v) is 3.91. The van der Waals surface area contributed by atoms with E-state index in [-0.39, 0.29) is 0 Å². The van der Waals surface area contributed by atoms with Gasteiger partial charge in [0.1, 0.15) is 6.07 Å². The molecule has 4 nitrogen and oxygen atoms in total. The fourth-order valence-electron chi connectivity index (χ4n) is 2.13. The molecular weight excluding hydrogens is 307 g/mol. The van der Waals surface area contributed by atoms with Gasteiger partial charge in [-0.2, -0.15) is 10.4 Å². The number of hydrogen-bond acceptors (Lipinski definition) is 3. The number of anilines is 1. The van der Waals surface area contributed by atoms with E-state index in [9.17, 15) is 0 Å². The fraction of sp³-hybridized carbons (Fsp3) is 0.333. The first kappa shape index (κ1) is 15.7. The van der Waals surface area contributed by atoms with Gasteiger partial charge in [-0.3, -0.25) is 4.68 Å². The number of rotatable bonds is 5. The van der Waals surface area contributed by atoms with E-state index >= 15 is 0 Å². The van der Waals surface area contributed by atoms with Crippen molar-refractivity contribution >= 4 is 28.9 Å². The summed E-state index contributed by atoms with van der Waals surface area (Å²) in [7, 11) is 0. The molecule has 21 heavy (non-hydrogen) atoms. The van der Waals surface area contributed by atoms with Crippen LogP contribution in [0.1, 0.15) is 30.8 Å². The highest BCUT2D eigenvalue weighted by molar-refractivity contribution is 6.32. The van der Waals surface area contributed by atoms with E-state index in [0.29, 0.717) is 27.8 Å².